The van der Waals surface area contributed by atoms with Crippen LogP contribution in [-0.4, -0.2) is 26.7 Å². The molecule has 4 rings (SSSR count). The molecule has 1 aliphatic rings. The molecule has 106 valence electrons. The standard InChI is InChI=1S/C15H15N5O/c1-15(5-2-6-18-15)14-19-13(20-21-14)10-3-4-11-12(9-10)17-8-7-16-11/h3-4,7-9,18H,2,5-6H2,1H3. The van der Waals surface area contributed by atoms with Gasteiger partial charge in [0, 0.05) is 18.0 Å². The van der Waals surface area contributed by atoms with Crippen LogP contribution < -0.4 is 5.32 Å². The van der Waals surface area contributed by atoms with E-state index in [0.717, 1.165) is 36.0 Å². The van der Waals surface area contributed by atoms with Crippen molar-refractivity contribution in [2.45, 2.75) is 25.3 Å². The first-order valence-electron chi connectivity index (χ1n) is 7.05. The predicted molar refractivity (Wildman–Crippen MR) is 77.4 cm³/mol. The van der Waals surface area contributed by atoms with Crippen molar-refractivity contribution < 1.29 is 4.52 Å². The molecule has 1 N–H and O–H groups in total. The average molecular weight is 281 g/mol. The van der Waals surface area contributed by atoms with Crippen molar-refractivity contribution in [3.05, 3.63) is 36.5 Å². The van der Waals surface area contributed by atoms with Crippen LogP contribution in [-0.2, 0) is 5.54 Å². The van der Waals surface area contributed by atoms with E-state index in [0.29, 0.717) is 11.7 Å². The molecule has 3 heterocycles. The summed E-state index contributed by atoms with van der Waals surface area (Å²) in [6.45, 7) is 3.09. The molecule has 6 nitrogen and oxygen atoms in total. The van der Waals surface area contributed by atoms with Crippen LogP contribution in [0.1, 0.15) is 25.7 Å². The van der Waals surface area contributed by atoms with Gasteiger partial charge >= 0.3 is 0 Å². The highest BCUT2D eigenvalue weighted by molar-refractivity contribution is 5.79. The fourth-order valence-corrected chi connectivity index (χ4v) is 2.74. The van der Waals surface area contributed by atoms with Gasteiger partial charge in [0.2, 0.25) is 11.7 Å². The fourth-order valence-electron chi connectivity index (χ4n) is 2.74. The maximum atomic E-state index is 5.46. The molecule has 0 aliphatic carbocycles. The van der Waals surface area contributed by atoms with Crippen LogP contribution in [0.4, 0.5) is 0 Å². The minimum absolute atomic E-state index is 0.206. The smallest absolute Gasteiger partial charge is 0.246 e. The van der Waals surface area contributed by atoms with Crippen molar-refractivity contribution in [2.24, 2.45) is 0 Å². The van der Waals surface area contributed by atoms with Gasteiger partial charge in [0.25, 0.3) is 0 Å². The van der Waals surface area contributed by atoms with E-state index < -0.39 is 0 Å². The molecule has 1 atom stereocenters. The lowest BCUT2D eigenvalue weighted by Gasteiger charge is -2.18. The summed E-state index contributed by atoms with van der Waals surface area (Å²) in [6, 6.07) is 5.79. The average Bonchev–Trinajstić information content (AvgIpc) is 3.17. The Kier molecular flexibility index (Phi) is 2.71. The second kappa shape index (κ2) is 4.60. The molecule has 1 fully saturated rings. The van der Waals surface area contributed by atoms with E-state index in [-0.39, 0.29) is 5.54 Å². The zero-order chi connectivity index (χ0) is 14.3. The molecule has 1 unspecified atom stereocenters. The van der Waals surface area contributed by atoms with Gasteiger partial charge in [-0.05, 0) is 44.5 Å². The summed E-state index contributed by atoms with van der Waals surface area (Å²) in [4.78, 5) is 13.1. The SMILES string of the molecule is CC1(c2nc(-c3ccc4nccnc4c3)no2)CCCN1. The Balaban J connectivity index is 1.73. The van der Waals surface area contributed by atoms with Gasteiger partial charge in [-0.25, -0.2) is 0 Å². The molecule has 1 aromatic carbocycles. The summed E-state index contributed by atoms with van der Waals surface area (Å²) in [5, 5.41) is 7.53. The molecule has 2 aromatic heterocycles. The number of hydrogen-bond donors (Lipinski definition) is 1. The highest BCUT2D eigenvalue weighted by Gasteiger charge is 2.35. The summed E-state index contributed by atoms with van der Waals surface area (Å²) in [6.07, 6.45) is 5.50. The molecule has 6 heteroatoms. The molecule has 3 aromatic rings. The Morgan fingerprint density at radius 2 is 2.05 bits per heavy atom. The highest BCUT2D eigenvalue weighted by Crippen LogP contribution is 2.30. The van der Waals surface area contributed by atoms with Gasteiger partial charge in [-0.2, -0.15) is 4.98 Å². The third-order valence-corrected chi connectivity index (χ3v) is 3.99. The number of rotatable bonds is 2. The van der Waals surface area contributed by atoms with Crippen molar-refractivity contribution in [1.29, 1.82) is 0 Å². The van der Waals surface area contributed by atoms with Crippen LogP contribution in [0.5, 0.6) is 0 Å². The topological polar surface area (TPSA) is 76.7 Å². The minimum Gasteiger partial charge on any atom is -0.337 e. The maximum Gasteiger partial charge on any atom is 0.246 e. The van der Waals surface area contributed by atoms with Gasteiger partial charge in [-0.1, -0.05) is 5.16 Å². The zero-order valence-corrected chi connectivity index (χ0v) is 11.7. The summed E-state index contributed by atoms with van der Waals surface area (Å²) >= 11 is 0. The predicted octanol–water partition coefficient (Wildman–Crippen LogP) is 2.28. The van der Waals surface area contributed by atoms with Gasteiger partial charge in [0.05, 0.1) is 16.6 Å². The Morgan fingerprint density at radius 3 is 2.86 bits per heavy atom. The normalized spacial score (nSPS) is 22.0. The van der Waals surface area contributed by atoms with E-state index in [2.05, 4.69) is 32.3 Å². The van der Waals surface area contributed by atoms with Gasteiger partial charge in [0.15, 0.2) is 0 Å². The third kappa shape index (κ3) is 2.08. The molecule has 21 heavy (non-hydrogen) atoms. The van der Waals surface area contributed by atoms with Crippen LogP contribution >= 0.6 is 0 Å². The molecule has 0 bridgehead atoms. The van der Waals surface area contributed by atoms with Crippen LogP contribution in [0.3, 0.4) is 0 Å². The zero-order valence-electron chi connectivity index (χ0n) is 11.7. The lowest BCUT2D eigenvalue weighted by atomic mass is 10.0. The monoisotopic (exact) mass is 281 g/mol. The summed E-state index contributed by atoms with van der Waals surface area (Å²) < 4.78 is 5.46. The lowest BCUT2D eigenvalue weighted by molar-refractivity contribution is 0.275. The Morgan fingerprint density at radius 1 is 1.19 bits per heavy atom. The second-order valence-corrected chi connectivity index (χ2v) is 5.55. The Hall–Kier alpha value is -2.34. The number of nitrogens with zero attached hydrogens (tertiary/aromatic N) is 4. The molecule has 0 spiro atoms. The van der Waals surface area contributed by atoms with Crippen molar-refractivity contribution in [1.82, 2.24) is 25.4 Å². The third-order valence-electron chi connectivity index (χ3n) is 3.99. The Bertz CT molecular complexity index is 791. The van der Waals surface area contributed by atoms with E-state index in [1.54, 1.807) is 12.4 Å². The number of fused-ring (bicyclic) bond motifs is 1. The maximum absolute atomic E-state index is 5.46. The van der Waals surface area contributed by atoms with E-state index in [1.807, 2.05) is 18.2 Å². The first kappa shape index (κ1) is 12.4. The largest absolute Gasteiger partial charge is 0.337 e. The summed E-state index contributed by atoms with van der Waals surface area (Å²) in [7, 11) is 0. The molecule has 0 saturated carbocycles. The molecule has 1 saturated heterocycles. The molecule has 0 radical (unpaired) electrons. The number of hydrogen-bond acceptors (Lipinski definition) is 6. The van der Waals surface area contributed by atoms with E-state index >= 15 is 0 Å². The van der Waals surface area contributed by atoms with Crippen molar-refractivity contribution in [3.8, 4) is 11.4 Å². The van der Waals surface area contributed by atoms with Gasteiger partial charge in [0.1, 0.15) is 0 Å². The minimum atomic E-state index is -0.206. The quantitative estimate of drug-likeness (QED) is 0.776. The van der Waals surface area contributed by atoms with Crippen LogP contribution in [0, 0.1) is 0 Å². The first-order chi connectivity index (χ1) is 10.2. The second-order valence-electron chi connectivity index (χ2n) is 5.55. The number of aromatic nitrogens is 4. The highest BCUT2D eigenvalue weighted by atomic mass is 16.5. The van der Waals surface area contributed by atoms with E-state index in [9.17, 15) is 0 Å². The number of nitrogens with one attached hydrogen (secondary N) is 1. The van der Waals surface area contributed by atoms with Crippen molar-refractivity contribution in [2.75, 3.05) is 6.54 Å². The van der Waals surface area contributed by atoms with Crippen LogP contribution in [0.2, 0.25) is 0 Å². The van der Waals surface area contributed by atoms with Crippen LogP contribution in [0.15, 0.2) is 35.1 Å². The molecular weight excluding hydrogens is 266 g/mol. The fraction of sp³-hybridized carbons (Fsp3) is 0.333. The van der Waals surface area contributed by atoms with Gasteiger partial charge in [-0.15, -0.1) is 0 Å². The lowest BCUT2D eigenvalue weighted by Crippen LogP contribution is -2.33. The van der Waals surface area contributed by atoms with Gasteiger partial charge in [-0.3, -0.25) is 9.97 Å². The Labute approximate surface area is 121 Å². The van der Waals surface area contributed by atoms with Crippen molar-refractivity contribution in [3.63, 3.8) is 0 Å². The van der Waals surface area contributed by atoms with Crippen molar-refractivity contribution >= 4 is 11.0 Å². The molecular formula is C15H15N5O. The summed E-state index contributed by atoms with van der Waals surface area (Å²) in [5.41, 5.74) is 2.36. The first-order valence-corrected chi connectivity index (χ1v) is 7.05. The van der Waals surface area contributed by atoms with Gasteiger partial charge < -0.3 is 9.84 Å². The van der Waals surface area contributed by atoms with E-state index in [1.165, 1.54) is 0 Å². The molecule has 0 amide bonds. The van der Waals surface area contributed by atoms with E-state index in [4.69, 9.17) is 4.52 Å². The summed E-state index contributed by atoms with van der Waals surface area (Å²) in [5.74, 6) is 1.24. The van der Waals surface area contributed by atoms with Crippen LogP contribution in [0.25, 0.3) is 22.4 Å². The molecule has 1 aliphatic heterocycles. The number of benzene rings is 1.